The number of benzene rings is 1. The fourth-order valence-electron chi connectivity index (χ4n) is 1.62. The molecule has 0 amide bonds. The first-order valence-electron chi connectivity index (χ1n) is 5.70. The third kappa shape index (κ3) is 3.32. The van der Waals surface area contributed by atoms with Gasteiger partial charge >= 0.3 is 0 Å². The summed E-state index contributed by atoms with van der Waals surface area (Å²) in [5.41, 5.74) is 7.71. The monoisotopic (exact) mass is 231 g/mol. The van der Waals surface area contributed by atoms with Crippen molar-refractivity contribution in [1.29, 1.82) is 0 Å². The first-order chi connectivity index (χ1) is 8.28. The zero-order valence-corrected chi connectivity index (χ0v) is 9.94. The molecule has 0 aliphatic carbocycles. The molecule has 0 unspecified atom stereocenters. The minimum Gasteiger partial charge on any atom is -0.486 e. The summed E-state index contributed by atoms with van der Waals surface area (Å²) in [6, 6.07) is 7.96. The Morgan fingerprint density at radius 1 is 1.41 bits per heavy atom. The van der Waals surface area contributed by atoms with E-state index in [4.69, 9.17) is 10.5 Å². The lowest BCUT2D eigenvalue weighted by molar-refractivity contribution is 0.297. The van der Waals surface area contributed by atoms with Gasteiger partial charge in [0, 0.05) is 18.3 Å². The third-order valence-corrected chi connectivity index (χ3v) is 2.46. The summed E-state index contributed by atoms with van der Waals surface area (Å²) in [5.74, 6) is 1.69. The highest BCUT2D eigenvalue weighted by Crippen LogP contribution is 2.13. The van der Waals surface area contributed by atoms with Gasteiger partial charge in [-0.05, 0) is 31.2 Å². The molecule has 0 atom stereocenters. The van der Waals surface area contributed by atoms with Crippen LogP contribution in [0.25, 0.3) is 0 Å². The molecular weight excluding hydrogens is 214 g/mol. The van der Waals surface area contributed by atoms with Crippen molar-refractivity contribution in [1.82, 2.24) is 9.97 Å². The van der Waals surface area contributed by atoms with Gasteiger partial charge in [0.25, 0.3) is 0 Å². The van der Waals surface area contributed by atoms with Crippen molar-refractivity contribution in [2.24, 2.45) is 5.73 Å². The van der Waals surface area contributed by atoms with Gasteiger partial charge in [-0.2, -0.15) is 0 Å². The summed E-state index contributed by atoms with van der Waals surface area (Å²) < 4.78 is 5.64. The maximum atomic E-state index is 5.64. The number of H-pyrrole nitrogens is 1. The van der Waals surface area contributed by atoms with Crippen molar-refractivity contribution in [3.8, 4) is 5.75 Å². The highest BCUT2D eigenvalue weighted by atomic mass is 16.5. The van der Waals surface area contributed by atoms with Gasteiger partial charge in [-0.3, -0.25) is 0 Å². The fourth-order valence-corrected chi connectivity index (χ4v) is 1.62. The molecule has 2 aromatic rings. The topological polar surface area (TPSA) is 63.9 Å². The second-order valence-corrected chi connectivity index (χ2v) is 4.00. The Balaban J connectivity index is 1.93. The van der Waals surface area contributed by atoms with Gasteiger partial charge in [-0.15, -0.1) is 0 Å². The average Bonchev–Trinajstić information content (AvgIpc) is 2.75. The van der Waals surface area contributed by atoms with Gasteiger partial charge in [0.05, 0.1) is 0 Å². The number of imidazole rings is 1. The Morgan fingerprint density at radius 3 is 3.06 bits per heavy atom. The second kappa shape index (κ2) is 5.50. The molecule has 1 aromatic carbocycles. The van der Waals surface area contributed by atoms with E-state index in [0.717, 1.165) is 23.7 Å². The molecule has 0 saturated carbocycles. The molecule has 0 spiro atoms. The molecule has 4 heteroatoms. The number of hydrogen-bond donors (Lipinski definition) is 2. The molecule has 0 bridgehead atoms. The summed E-state index contributed by atoms with van der Waals surface area (Å²) in [5, 5.41) is 0. The van der Waals surface area contributed by atoms with Crippen molar-refractivity contribution in [3.05, 3.63) is 47.5 Å². The fraction of sp³-hybridized carbons (Fsp3) is 0.308. The molecule has 4 nitrogen and oxygen atoms in total. The second-order valence-electron chi connectivity index (χ2n) is 4.00. The van der Waals surface area contributed by atoms with E-state index in [1.807, 2.05) is 37.4 Å². The van der Waals surface area contributed by atoms with Crippen molar-refractivity contribution < 1.29 is 4.74 Å². The zero-order chi connectivity index (χ0) is 12.1. The van der Waals surface area contributed by atoms with Crippen LogP contribution < -0.4 is 10.5 Å². The summed E-state index contributed by atoms with van der Waals surface area (Å²) in [6.07, 6.45) is 2.62. The highest BCUT2D eigenvalue weighted by molar-refractivity contribution is 5.27. The van der Waals surface area contributed by atoms with Crippen molar-refractivity contribution >= 4 is 0 Å². The van der Waals surface area contributed by atoms with Crippen LogP contribution in [-0.2, 0) is 13.0 Å². The number of nitrogens with two attached hydrogens (primary N) is 1. The van der Waals surface area contributed by atoms with Crippen molar-refractivity contribution in [2.45, 2.75) is 20.0 Å². The standard InChI is InChI=1S/C13H17N3O/c1-10-3-2-4-12(7-10)17-9-13-15-8-11(16-13)5-6-14/h2-4,7-8H,5-6,9,14H2,1H3,(H,15,16). The zero-order valence-electron chi connectivity index (χ0n) is 9.94. The summed E-state index contributed by atoms with van der Waals surface area (Å²) in [6.45, 7) is 3.12. The lowest BCUT2D eigenvalue weighted by atomic mass is 10.2. The summed E-state index contributed by atoms with van der Waals surface area (Å²) in [7, 11) is 0. The normalized spacial score (nSPS) is 10.5. The summed E-state index contributed by atoms with van der Waals surface area (Å²) >= 11 is 0. The number of rotatable bonds is 5. The van der Waals surface area contributed by atoms with Crippen molar-refractivity contribution in [3.63, 3.8) is 0 Å². The van der Waals surface area contributed by atoms with Crippen LogP contribution in [0.4, 0.5) is 0 Å². The van der Waals surface area contributed by atoms with E-state index in [-0.39, 0.29) is 0 Å². The number of aryl methyl sites for hydroxylation is 1. The Kier molecular flexibility index (Phi) is 3.77. The van der Waals surface area contributed by atoms with Gasteiger partial charge in [0.2, 0.25) is 0 Å². The number of ether oxygens (including phenoxy) is 1. The highest BCUT2D eigenvalue weighted by Gasteiger charge is 2.01. The van der Waals surface area contributed by atoms with E-state index in [2.05, 4.69) is 9.97 Å². The molecule has 0 aliphatic rings. The largest absolute Gasteiger partial charge is 0.486 e. The Bertz CT molecular complexity index is 479. The smallest absolute Gasteiger partial charge is 0.146 e. The molecule has 0 saturated heterocycles. The van der Waals surface area contributed by atoms with Crippen LogP contribution in [0, 0.1) is 6.92 Å². The number of nitrogens with zero attached hydrogens (tertiary/aromatic N) is 1. The van der Waals surface area contributed by atoms with Crippen LogP contribution in [0.5, 0.6) is 5.75 Å². The van der Waals surface area contributed by atoms with E-state index in [1.54, 1.807) is 0 Å². The van der Waals surface area contributed by atoms with Crippen molar-refractivity contribution in [2.75, 3.05) is 6.54 Å². The first-order valence-corrected chi connectivity index (χ1v) is 5.70. The Hall–Kier alpha value is -1.81. The van der Waals surface area contributed by atoms with E-state index in [0.29, 0.717) is 13.2 Å². The van der Waals surface area contributed by atoms with Crippen LogP contribution in [0.2, 0.25) is 0 Å². The van der Waals surface area contributed by atoms with E-state index >= 15 is 0 Å². The quantitative estimate of drug-likeness (QED) is 0.824. The van der Waals surface area contributed by atoms with E-state index in [9.17, 15) is 0 Å². The predicted molar refractivity (Wildman–Crippen MR) is 66.9 cm³/mol. The van der Waals surface area contributed by atoms with E-state index < -0.39 is 0 Å². The lowest BCUT2D eigenvalue weighted by Crippen LogP contribution is -2.03. The van der Waals surface area contributed by atoms with Gasteiger partial charge in [0.15, 0.2) is 0 Å². The van der Waals surface area contributed by atoms with Gasteiger partial charge < -0.3 is 15.5 Å². The van der Waals surface area contributed by atoms with Gasteiger partial charge in [-0.25, -0.2) is 4.98 Å². The van der Waals surface area contributed by atoms with E-state index in [1.165, 1.54) is 5.56 Å². The van der Waals surface area contributed by atoms with Gasteiger partial charge in [0.1, 0.15) is 18.2 Å². The molecule has 2 rings (SSSR count). The molecule has 3 N–H and O–H groups in total. The predicted octanol–water partition coefficient (Wildman–Crippen LogP) is 1.80. The van der Waals surface area contributed by atoms with Gasteiger partial charge in [-0.1, -0.05) is 12.1 Å². The maximum Gasteiger partial charge on any atom is 0.146 e. The number of hydrogen-bond acceptors (Lipinski definition) is 3. The molecule has 17 heavy (non-hydrogen) atoms. The molecular formula is C13H17N3O. The molecule has 0 fully saturated rings. The van der Waals surface area contributed by atoms with Crippen LogP contribution in [0.1, 0.15) is 17.1 Å². The number of aromatic nitrogens is 2. The lowest BCUT2D eigenvalue weighted by Gasteiger charge is -2.04. The molecule has 1 heterocycles. The molecule has 1 aromatic heterocycles. The SMILES string of the molecule is Cc1cccc(OCc2ncc(CCN)[nH]2)c1. The van der Waals surface area contributed by atoms with Crippen LogP contribution >= 0.6 is 0 Å². The third-order valence-electron chi connectivity index (χ3n) is 2.46. The molecule has 0 aliphatic heterocycles. The van der Waals surface area contributed by atoms with Crippen LogP contribution in [0.15, 0.2) is 30.5 Å². The average molecular weight is 231 g/mol. The number of aromatic amines is 1. The van der Waals surface area contributed by atoms with Crippen LogP contribution in [-0.4, -0.2) is 16.5 Å². The van der Waals surface area contributed by atoms with Crippen LogP contribution in [0.3, 0.4) is 0 Å². The minimum atomic E-state index is 0.452. The Labute approximate surface area is 101 Å². The molecule has 0 radical (unpaired) electrons. The molecule has 90 valence electrons. The minimum absolute atomic E-state index is 0.452. The Morgan fingerprint density at radius 2 is 2.29 bits per heavy atom. The maximum absolute atomic E-state index is 5.64. The first kappa shape index (κ1) is 11.7. The summed E-state index contributed by atoms with van der Waals surface area (Å²) in [4.78, 5) is 7.42. The number of nitrogens with one attached hydrogen (secondary N) is 1.